The van der Waals surface area contributed by atoms with Crippen molar-refractivity contribution >= 4 is 17.1 Å². The number of aromatic hydroxyl groups is 1. The number of phenols is 1. The maximum atomic E-state index is 11.7. The summed E-state index contributed by atoms with van der Waals surface area (Å²) in [4.78, 5) is 23.0. The second-order valence-corrected chi connectivity index (χ2v) is 3.60. The van der Waals surface area contributed by atoms with Gasteiger partial charge in [-0.05, 0) is 24.3 Å². The Hall–Kier alpha value is -2.87. The molecular formula is C15H15NO4. The fraction of sp³-hybridized carbons (Fsp3) is 0.133. The van der Waals surface area contributed by atoms with E-state index in [1.807, 2.05) is 0 Å². The number of ketones is 2. The number of allylic oxidation sites excluding steroid dienone is 3. The molecule has 1 aliphatic carbocycles. The standard InChI is InChI=1S/C13H7NO4.2CH4/c14-6-7-2-1-3-8(15)11(7)12-9(16)4-5-10(17)13(12)18;;/h1-5,15,18H;2*1H4. The van der Waals surface area contributed by atoms with Crippen LogP contribution in [0.2, 0.25) is 0 Å². The lowest BCUT2D eigenvalue weighted by molar-refractivity contribution is -0.115. The molecule has 5 nitrogen and oxygen atoms in total. The van der Waals surface area contributed by atoms with Crippen LogP contribution in [-0.4, -0.2) is 21.8 Å². The molecule has 0 saturated carbocycles. The molecule has 1 aromatic carbocycles. The molecule has 104 valence electrons. The third kappa shape index (κ3) is 2.59. The number of rotatable bonds is 1. The number of nitriles is 1. The van der Waals surface area contributed by atoms with Gasteiger partial charge >= 0.3 is 0 Å². The topological polar surface area (TPSA) is 98.4 Å². The number of benzene rings is 1. The molecule has 2 rings (SSSR count). The molecule has 0 aromatic heterocycles. The maximum Gasteiger partial charge on any atom is 0.221 e. The fourth-order valence-corrected chi connectivity index (χ4v) is 1.69. The number of aliphatic hydroxyl groups excluding tert-OH is 1. The maximum absolute atomic E-state index is 11.7. The number of phenolic OH excluding ortho intramolecular Hbond substituents is 1. The van der Waals surface area contributed by atoms with Crippen LogP contribution in [0.3, 0.4) is 0 Å². The minimum Gasteiger partial charge on any atom is -0.507 e. The normalized spacial score (nSPS) is 13.3. The molecule has 0 unspecified atom stereocenters. The van der Waals surface area contributed by atoms with Gasteiger partial charge in [0.25, 0.3) is 0 Å². The summed E-state index contributed by atoms with van der Waals surface area (Å²) in [6.07, 6.45) is 1.93. The zero-order chi connectivity index (χ0) is 13.3. The second-order valence-electron chi connectivity index (χ2n) is 3.60. The lowest BCUT2D eigenvalue weighted by atomic mass is 9.91. The molecule has 0 aliphatic heterocycles. The Bertz CT molecular complexity index is 663. The van der Waals surface area contributed by atoms with Crippen molar-refractivity contribution in [1.82, 2.24) is 0 Å². The third-order valence-corrected chi connectivity index (χ3v) is 2.52. The SMILES string of the molecule is C.C.N#Cc1cccc(O)c1C1=C(O)C(=O)C=CC1=O. The Morgan fingerprint density at radius 1 is 1.00 bits per heavy atom. The van der Waals surface area contributed by atoms with Gasteiger partial charge in [-0.15, -0.1) is 0 Å². The summed E-state index contributed by atoms with van der Waals surface area (Å²) < 4.78 is 0. The van der Waals surface area contributed by atoms with Crippen molar-refractivity contribution in [2.75, 3.05) is 0 Å². The van der Waals surface area contributed by atoms with E-state index in [9.17, 15) is 19.8 Å². The summed E-state index contributed by atoms with van der Waals surface area (Å²) in [6.45, 7) is 0. The van der Waals surface area contributed by atoms with E-state index in [1.54, 1.807) is 6.07 Å². The molecule has 5 heteroatoms. The first-order valence-electron chi connectivity index (χ1n) is 4.98. The molecule has 0 fully saturated rings. The van der Waals surface area contributed by atoms with E-state index in [2.05, 4.69) is 0 Å². The molecule has 1 aromatic rings. The van der Waals surface area contributed by atoms with E-state index in [-0.39, 0.29) is 37.3 Å². The summed E-state index contributed by atoms with van der Waals surface area (Å²) in [5.41, 5.74) is -0.467. The van der Waals surface area contributed by atoms with E-state index in [1.165, 1.54) is 18.2 Å². The molecule has 2 N–H and O–H groups in total. The van der Waals surface area contributed by atoms with Crippen molar-refractivity contribution in [2.24, 2.45) is 0 Å². The van der Waals surface area contributed by atoms with Crippen molar-refractivity contribution in [3.63, 3.8) is 0 Å². The Labute approximate surface area is 117 Å². The van der Waals surface area contributed by atoms with Gasteiger partial charge in [-0.2, -0.15) is 5.26 Å². The molecule has 0 amide bonds. The summed E-state index contributed by atoms with van der Waals surface area (Å²) in [5, 5.41) is 28.3. The van der Waals surface area contributed by atoms with Gasteiger partial charge in [0, 0.05) is 5.56 Å². The second kappa shape index (κ2) is 6.34. The van der Waals surface area contributed by atoms with Crippen LogP contribution in [0.4, 0.5) is 0 Å². The highest BCUT2D eigenvalue weighted by Crippen LogP contribution is 2.32. The van der Waals surface area contributed by atoms with Crippen LogP contribution in [-0.2, 0) is 9.59 Å². The van der Waals surface area contributed by atoms with E-state index >= 15 is 0 Å². The monoisotopic (exact) mass is 273 g/mol. The molecule has 0 spiro atoms. The average molecular weight is 273 g/mol. The van der Waals surface area contributed by atoms with Gasteiger partial charge in [0.2, 0.25) is 5.78 Å². The van der Waals surface area contributed by atoms with Crippen LogP contribution in [0.1, 0.15) is 26.0 Å². The first kappa shape index (κ1) is 17.1. The van der Waals surface area contributed by atoms with Crippen molar-refractivity contribution < 1.29 is 19.8 Å². The van der Waals surface area contributed by atoms with Crippen LogP contribution >= 0.6 is 0 Å². The Morgan fingerprint density at radius 3 is 2.20 bits per heavy atom. The van der Waals surface area contributed by atoms with E-state index in [0.717, 1.165) is 12.2 Å². The van der Waals surface area contributed by atoms with Crippen molar-refractivity contribution in [3.05, 3.63) is 47.2 Å². The van der Waals surface area contributed by atoms with Gasteiger partial charge < -0.3 is 10.2 Å². The molecule has 0 radical (unpaired) electrons. The fourth-order valence-electron chi connectivity index (χ4n) is 1.69. The number of nitrogens with zero attached hydrogens (tertiary/aromatic N) is 1. The van der Waals surface area contributed by atoms with E-state index in [4.69, 9.17) is 5.26 Å². The van der Waals surface area contributed by atoms with E-state index < -0.39 is 17.3 Å². The van der Waals surface area contributed by atoms with Crippen molar-refractivity contribution in [3.8, 4) is 11.8 Å². The summed E-state index contributed by atoms with van der Waals surface area (Å²) in [5.74, 6) is -2.48. The lowest BCUT2D eigenvalue weighted by Crippen LogP contribution is -2.14. The Morgan fingerprint density at radius 2 is 1.60 bits per heavy atom. The average Bonchev–Trinajstić information content (AvgIpc) is 2.36. The number of carbonyl (C=O) groups excluding carboxylic acids is 2. The van der Waals surface area contributed by atoms with Gasteiger partial charge in [0.1, 0.15) is 5.75 Å². The molecule has 1 aliphatic rings. The molecule has 20 heavy (non-hydrogen) atoms. The quantitative estimate of drug-likeness (QED) is 0.766. The predicted molar refractivity (Wildman–Crippen MR) is 75.0 cm³/mol. The minimum atomic E-state index is -0.763. The highest BCUT2D eigenvalue weighted by atomic mass is 16.3. The largest absolute Gasteiger partial charge is 0.507 e. The summed E-state index contributed by atoms with van der Waals surface area (Å²) in [6, 6.07) is 5.88. The summed E-state index contributed by atoms with van der Waals surface area (Å²) in [7, 11) is 0. The predicted octanol–water partition coefficient (Wildman–Crippen LogP) is 2.51. The van der Waals surface area contributed by atoms with Crippen LogP contribution in [0, 0.1) is 11.3 Å². The lowest BCUT2D eigenvalue weighted by Gasteiger charge is -2.12. The van der Waals surface area contributed by atoms with Crippen LogP contribution < -0.4 is 0 Å². The number of hydrogen-bond donors (Lipinski definition) is 2. The van der Waals surface area contributed by atoms with Gasteiger partial charge in [0.05, 0.1) is 17.2 Å². The number of hydrogen-bond acceptors (Lipinski definition) is 5. The van der Waals surface area contributed by atoms with Gasteiger partial charge in [-0.3, -0.25) is 9.59 Å². The van der Waals surface area contributed by atoms with Crippen molar-refractivity contribution in [1.29, 1.82) is 5.26 Å². The minimum absolute atomic E-state index is 0. The van der Waals surface area contributed by atoms with Crippen LogP contribution in [0.5, 0.6) is 5.75 Å². The zero-order valence-corrected chi connectivity index (χ0v) is 9.04. The van der Waals surface area contributed by atoms with E-state index in [0.29, 0.717) is 0 Å². The molecule has 0 heterocycles. The molecular weight excluding hydrogens is 258 g/mol. The van der Waals surface area contributed by atoms with Gasteiger partial charge in [-0.1, -0.05) is 20.9 Å². The van der Waals surface area contributed by atoms with Gasteiger partial charge in [0.15, 0.2) is 11.5 Å². The smallest absolute Gasteiger partial charge is 0.221 e. The van der Waals surface area contributed by atoms with Crippen LogP contribution in [0.15, 0.2) is 36.1 Å². The zero-order valence-electron chi connectivity index (χ0n) is 9.04. The number of carbonyl (C=O) groups is 2. The van der Waals surface area contributed by atoms with Gasteiger partial charge in [-0.25, -0.2) is 0 Å². The molecule has 0 atom stereocenters. The molecule has 0 bridgehead atoms. The third-order valence-electron chi connectivity index (χ3n) is 2.52. The highest BCUT2D eigenvalue weighted by molar-refractivity contribution is 6.35. The highest BCUT2D eigenvalue weighted by Gasteiger charge is 2.27. The first-order valence-corrected chi connectivity index (χ1v) is 4.98. The first-order chi connectivity index (χ1) is 8.56. The summed E-state index contributed by atoms with van der Waals surface area (Å²) >= 11 is 0. The molecule has 0 saturated heterocycles. The Kier molecular flexibility index (Phi) is 5.43. The number of aliphatic hydroxyl groups is 1. The van der Waals surface area contributed by atoms with Crippen molar-refractivity contribution in [2.45, 2.75) is 14.9 Å². The van der Waals surface area contributed by atoms with Crippen LogP contribution in [0.25, 0.3) is 5.57 Å². The Balaban J connectivity index is 0.00000180.